The van der Waals surface area contributed by atoms with Crippen LogP contribution in [0.3, 0.4) is 0 Å². The van der Waals surface area contributed by atoms with E-state index in [1.54, 1.807) is 0 Å². The zero-order valence-corrected chi connectivity index (χ0v) is 13.5. The van der Waals surface area contributed by atoms with E-state index in [0.717, 1.165) is 4.90 Å². The van der Waals surface area contributed by atoms with Crippen molar-refractivity contribution in [3.63, 3.8) is 0 Å². The third-order valence-corrected chi connectivity index (χ3v) is 3.84. The number of carbonyl (C=O) groups excluding carboxylic acids is 3. The number of aliphatic carboxylic acids is 2. The lowest BCUT2D eigenvalue weighted by molar-refractivity contribution is -0.146. The van der Waals surface area contributed by atoms with Crippen LogP contribution >= 0.6 is 0 Å². The molecule has 1 aliphatic rings. The maximum absolute atomic E-state index is 12.3. The van der Waals surface area contributed by atoms with Gasteiger partial charge in [-0.05, 0) is 19.3 Å². The van der Waals surface area contributed by atoms with Crippen molar-refractivity contribution in [3.8, 4) is 0 Å². The largest absolute Gasteiger partial charge is 0.481 e. The number of primary amides is 1. The molecule has 0 aromatic heterocycles. The van der Waals surface area contributed by atoms with Crippen molar-refractivity contribution < 1.29 is 34.2 Å². The molecule has 0 aliphatic carbocycles. The Balaban J connectivity index is 2.74. The fourth-order valence-electron chi connectivity index (χ4n) is 2.60. The number of rotatable bonds is 9. The normalized spacial score (nSPS) is 19.1. The number of carboxylic acid groups (broad SMARTS) is 2. The first-order chi connectivity index (χ1) is 11.6. The second kappa shape index (κ2) is 8.97. The molecule has 3 atom stereocenters. The zero-order valence-electron chi connectivity index (χ0n) is 13.5. The van der Waals surface area contributed by atoms with Crippen molar-refractivity contribution in [2.75, 3.05) is 6.54 Å². The number of carbonyl (C=O) groups is 5. The van der Waals surface area contributed by atoms with Crippen molar-refractivity contribution >= 4 is 29.7 Å². The molecule has 0 radical (unpaired) electrons. The van der Waals surface area contributed by atoms with Crippen LogP contribution in [-0.4, -0.2) is 69.4 Å². The van der Waals surface area contributed by atoms with Crippen LogP contribution in [-0.2, 0) is 24.0 Å². The van der Waals surface area contributed by atoms with Crippen LogP contribution in [0, 0.1) is 0 Å². The van der Waals surface area contributed by atoms with Gasteiger partial charge < -0.3 is 31.9 Å². The number of nitrogens with one attached hydrogen (secondary N) is 1. The SMILES string of the molecule is NC(=O)CC[C@H](NC(=O)[C@@H]1CCCN1C(=O)[C@@H](N)CC(=O)O)C(=O)O. The predicted octanol–water partition coefficient (Wildman–Crippen LogP) is -2.39. The van der Waals surface area contributed by atoms with Gasteiger partial charge in [0.1, 0.15) is 12.1 Å². The van der Waals surface area contributed by atoms with Gasteiger partial charge in [0.25, 0.3) is 0 Å². The quantitative estimate of drug-likeness (QED) is 0.301. The highest BCUT2D eigenvalue weighted by Gasteiger charge is 2.37. The monoisotopic (exact) mass is 358 g/mol. The van der Waals surface area contributed by atoms with Crippen LogP contribution in [0.2, 0.25) is 0 Å². The zero-order chi connectivity index (χ0) is 19.1. The van der Waals surface area contributed by atoms with Crippen LogP contribution in [0.15, 0.2) is 0 Å². The van der Waals surface area contributed by atoms with Gasteiger partial charge in [-0.15, -0.1) is 0 Å². The number of carboxylic acids is 2. The van der Waals surface area contributed by atoms with E-state index in [2.05, 4.69) is 5.32 Å². The first-order valence-electron chi connectivity index (χ1n) is 7.72. The summed E-state index contributed by atoms with van der Waals surface area (Å²) in [6.45, 7) is 0.225. The fraction of sp³-hybridized carbons (Fsp3) is 0.643. The number of nitrogens with zero attached hydrogens (tertiary/aromatic N) is 1. The Morgan fingerprint density at radius 1 is 1.20 bits per heavy atom. The summed E-state index contributed by atoms with van der Waals surface area (Å²) < 4.78 is 0. The molecule has 0 aromatic rings. The summed E-state index contributed by atoms with van der Waals surface area (Å²) >= 11 is 0. The fourth-order valence-corrected chi connectivity index (χ4v) is 2.60. The molecule has 7 N–H and O–H groups in total. The first-order valence-corrected chi connectivity index (χ1v) is 7.72. The van der Waals surface area contributed by atoms with E-state index in [4.69, 9.17) is 21.7 Å². The Bertz CT molecular complexity index is 565. The smallest absolute Gasteiger partial charge is 0.326 e. The highest BCUT2D eigenvalue weighted by Crippen LogP contribution is 2.19. The van der Waals surface area contributed by atoms with E-state index < -0.39 is 54.2 Å². The van der Waals surface area contributed by atoms with Crippen molar-refractivity contribution in [1.82, 2.24) is 10.2 Å². The molecular weight excluding hydrogens is 336 g/mol. The predicted molar refractivity (Wildman–Crippen MR) is 83.0 cm³/mol. The molecule has 11 heteroatoms. The van der Waals surface area contributed by atoms with E-state index in [-0.39, 0.29) is 19.4 Å². The van der Waals surface area contributed by atoms with Gasteiger partial charge in [0, 0.05) is 13.0 Å². The third-order valence-electron chi connectivity index (χ3n) is 3.84. The molecule has 11 nitrogen and oxygen atoms in total. The molecule has 1 fully saturated rings. The lowest BCUT2D eigenvalue weighted by atomic mass is 10.1. The van der Waals surface area contributed by atoms with Gasteiger partial charge in [-0.2, -0.15) is 0 Å². The molecule has 1 rings (SSSR count). The molecule has 0 unspecified atom stereocenters. The summed E-state index contributed by atoms with van der Waals surface area (Å²) in [6, 6.07) is -3.52. The third kappa shape index (κ3) is 6.03. The maximum Gasteiger partial charge on any atom is 0.326 e. The lowest BCUT2D eigenvalue weighted by Gasteiger charge is -2.27. The summed E-state index contributed by atoms with van der Waals surface area (Å²) in [4.78, 5) is 58.3. The summed E-state index contributed by atoms with van der Waals surface area (Å²) in [7, 11) is 0. The maximum atomic E-state index is 12.3. The van der Waals surface area contributed by atoms with Crippen LogP contribution < -0.4 is 16.8 Å². The van der Waals surface area contributed by atoms with Gasteiger partial charge in [-0.1, -0.05) is 0 Å². The summed E-state index contributed by atoms with van der Waals surface area (Å²) in [6.07, 6.45) is -0.147. The molecular formula is C14H22N4O7. The minimum atomic E-state index is -1.33. The summed E-state index contributed by atoms with van der Waals surface area (Å²) in [5.74, 6) is -4.63. The highest BCUT2D eigenvalue weighted by molar-refractivity contribution is 5.93. The highest BCUT2D eigenvalue weighted by atomic mass is 16.4. The Kier molecular flexibility index (Phi) is 7.30. The van der Waals surface area contributed by atoms with Crippen molar-refractivity contribution in [3.05, 3.63) is 0 Å². The van der Waals surface area contributed by atoms with Gasteiger partial charge in [0.2, 0.25) is 17.7 Å². The Hall–Kier alpha value is -2.69. The average Bonchev–Trinajstić information content (AvgIpc) is 2.98. The van der Waals surface area contributed by atoms with Crippen molar-refractivity contribution in [1.29, 1.82) is 0 Å². The number of amides is 3. The van der Waals surface area contributed by atoms with Gasteiger partial charge in [-0.3, -0.25) is 19.2 Å². The molecule has 0 aromatic carbocycles. The minimum absolute atomic E-state index is 0.171. The van der Waals surface area contributed by atoms with E-state index >= 15 is 0 Å². The second-order valence-corrected chi connectivity index (χ2v) is 5.80. The summed E-state index contributed by atoms with van der Waals surface area (Å²) in [5.41, 5.74) is 10.5. The lowest BCUT2D eigenvalue weighted by Crippen LogP contribution is -2.54. The topological polar surface area (TPSA) is 193 Å². The second-order valence-electron chi connectivity index (χ2n) is 5.80. The molecule has 1 saturated heterocycles. The van der Waals surface area contributed by atoms with E-state index in [1.807, 2.05) is 0 Å². The molecule has 25 heavy (non-hydrogen) atoms. The Labute approximate surface area is 143 Å². The standard InChI is InChI=1S/C14H22N4O7/c15-7(6-11(20)21)13(23)18-5-1-2-9(18)12(22)17-8(14(24)25)3-4-10(16)19/h7-9H,1-6,15H2,(H2,16,19)(H,17,22)(H,20,21)(H,24,25)/t7-,8-,9-/m0/s1. The van der Waals surface area contributed by atoms with E-state index in [0.29, 0.717) is 12.8 Å². The molecule has 0 bridgehead atoms. The van der Waals surface area contributed by atoms with Crippen LogP contribution in [0.4, 0.5) is 0 Å². The first kappa shape index (κ1) is 20.4. The molecule has 3 amide bonds. The van der Waals surface area contributed by atoms with Crippen molar-refractivity contribution in [2.24, 2.45) is 11.5 Å². The van der Waals surface area contributed by atoms with Crippen LogP contribution in [0.1, 0.15) is 32.1 Å². The molecule has 1 heterocycles. The molecule has 0 saturated carbocycles. The van der Waals surface area contributed by atoms with Crippen molar-refractivity contribution in [2.45, 2.75) is 50.2 Å². The molecule has 0 spiro atoms. The van der Waals surface area contributed by atoms with Gasteiger partial charge >= 0.3 is 11.9 Å². The van der Waals surface area contributed by atoms with E-state index in [1.165, 1.54) is 0 Å². The van der Waals surface area contributed by atoms with Crippen LogP contribution in [0.25, 0.3) is 0 Å². The molecule has 140 valence electrons. The average molecular weight is 358 g/mol. The number of likely N-dealkylation sites (tertiary alicyclic amines) is 1. The van der Waals surface area contributed by atoms with Gasteiger partial charge in [0.15, 0.2) is 0 Å². The summed E-state index contributed by atoms with van der Waals surface area (Å²) in [5, 5.41) is 20.1. The van der Waals surface area contributed by atoms with Gasteiger partial charge in [0.05, 0.1) is 12.5 Å². The number of hydrogen-bond donors (Lipinski definition) is 5. The number of hydrogen-bond acceptors (Lipinski definition) is 6. The van der Waals surface area contributed by atoms with E-state index in [9.17, 15) is 24.0 Å². The molecule has 1 aliphatic heterocycles. The Morgan fingerprint density at radius 2 is 1.84 bits per heavy atom. The van der Waals surface area contributed by atoms with Crippen LogP contribution in [0.5, 0.6) is 0 Å². The minimum Gasteiger partial charge on any atom is -0.481 e. The number of nitrogens with two attached hydrogens (primary N) is 2. The van der Waals surface area contributed by atoms with Gasteiger partial charge in [-0.25, -0.2) is 4.79 Å². The Morgan fingerprint density at radius 3 is 2.36 bits per heavy atom.